The van der Waals surface area contributed by atoms with Crippen LogP contribution in [-0.2, 0) is 11.2 Å². The molecule has 0 saturated carbocycles. The molecule has 3 heteroatoms. The van der Waals surface area contributed by atoms with Gasteiger partial charge in [-0.25, -0.2) is 0 Å². The van der Waals surface area contributed by atoms with Gasteiger partial charge in [0.1, 0.15) is 0 Å². The van der Waals surface area contributed by atoms with Crippen molar-refractivity contribution in [2.45, 2.75) is 46.6 Å². The summed E-state index contributed by atoms with van der Waals surface area (Å²) in [5, 5.41) is 3.92. The van der Waals surface area contributed by atoms with Gasteiger partial charge in [0.05, 0.1) is 6.42 Å². The molecule has 1 aromatic carbocycles. The Bertz CT molecular complexity index is 429. The minimum absolute atomic E-state index is 0.110. The smallest absolute Gasteiger partial charge is 0.224 e. The molecular formula is C16H24BrNO. The van der Waals surface area contributed by atoms with E-state index in [-0.39, 0.29) is 11.9 Å². The fourth-order valence-electron chi connectivity index (χ4n) is 2.17. The van der Waals surface area contributed by atoms with Gasteiger partial charge in [-0.15, -0.1) is 0 Å². The Balaban J connectivity index is 2.61. The number of amides is 1. The average Bonchev–Trinajstić information content (AvgIpc) is 2.32. The van der Waals surface area contributed by atoms with Crippen LogP contribution >= 0.6 is 15.9 Å². The highest BCUT2D eigenvalue weighted by Crippen LogP contribution is 2.12. The molecule has 0 radical (unpaired) electrons. The average molecular weight is 326 g/mol. The first-order valence-electron chi connectivity index (χ1n) is 6.83. The quantitative estimate of drug-likeness (QED) is 0.792. The lowest BCUT2D eigenvalue weighted by molar-refractivity contribution is -0.121. The summed E-state index contributed by atoms with van der Waals surface area (Å²) in [5.41, 5.74) is 3.50. The van der Waals surface area contributed by atoms with E-state index in [1.807, 2.05) is 0 Å². The summed E-state index contributed by atoms with van der Waals surface area (Å²) >= 11 is 3.47. The highest BCUT2D eigenvalue weighted by Gasteiger charge is 2.13. The van der Waals surface area contributed by atoms with Crippen LogP contribution in [0.25, 0.3) is 0 Å². The third-order valence-electron chi connectivity index (χ3n) is 3.16. The van der Waals surface area contributed by atoms with Gasteiger partial charge in [0.15, 0.2) is 0 Å². The monoisotopic (exact) mass is 325 g/mol. The second-order valence-corrected chi connectivity index (χ2v) is 6.30. The van der Waals surface area contributed by atoms with E-state index in [9.17, 15) is 4.79 Å². The fraction of sp³-hybridized carbons (Fsp3) is 0.562. The first-order chi connectivity index (χ1) is 8.92. The largest absolute Gasteiger partial charge is 0.352 e. The molecule has 1 atom stereocenters. The van der Waals surface area contributed by atoms with Crippen molar-refractivity contribution in [3.05, 3.63) is 34.9 Å². The lowest BCUT2D eigenvalue weighted by atomic mass is 10.0. The Morgan fingerprint density at radius 1 is 1.32 bits per heavy atom. The van der Waals surface area contributed by atoms with Crippen LogP contribution in [0.3, 0.4) is 0 Å². The first-order valence-corrected chi connectivity index (χ1v) is 7.96. The van der Waals surface area contributed by atoms with E-state index in [0.29, 0.717) is 12.3 Å². The molecule has 19 heavy (non-hydrogen) atoms. The van der Waals surface area contributed by atoms with Crippen molar-refractivity contribution in [1.82, 2.24) is 5.32 Å². The molecule has 0 aromatic heterocycles. The maximum Gasteiger partial charge on any atom is 0.224 e. The number of aryl methyl sites for hydroxylation is 2. The summed E-state index contributed by atoms with van der Waals surface area (Å²) in [4.78, 5) is 12.1. The number of alkyl halides is 1. The second-order valence-electron chi connectivity index (χ2n) is 5.66. The molecule has 0 fully saturated rings. The van der Waals surface area contributed by atoms with Crippen molar-refractivity contribution in [2.75, 3.05) is 5.33 Å². The van der Waals surface area contributed by atoms with Gasteiger partial charge in [-0.1, -0.05) is 53.5 Å². The lowest BCUT2D eigenvalue weighted by Gasteiger charge is -2.18. The van der Waals surface area contributed by atoms with Crippen LogP contribution in [0.4, 0.5) is 0 Å². The number of rotatable bonds is 6. The van der Waals surface area contributed by atoms with Crippen molar-refractivity contribution in [2.24, 2.45) is 5.92 Å². The zero-order valence-electron chi connectivity index (χ0n) is 12.3. The molecule has 0 aliphatic rings. The summed E-state index contributed by atoms with van der Waals surface area (Å²) in [6, 6.07) is 6.48. The molecule has 0 heterocycles. The number of nitrogens with one attached hydrogen (secondary N) is 1. The number of benzene rings is 1. The van der Waals surface area contributed by atoms with Crippen LogP contribution in [0.15, 0.2) is 18.2 Å². The topological polar surface area (TPSA) is 29.1 Å². The van der Waals surface area contributed by atoms with Crippen molar-refractivity contribution in [1.29, 1.82) is 0 Å². The van der Waals surface area contributed by atoms with Gasteiger partial charge < -0.3 is 5.32 Å². The van der Waals surface area contributed by atoms with Crippen LogP contribution in [0, 0.1) is 19.8 Å². The minimum Gasteiger partial charge on any atom is -0.352 e. The molecule has 0 aliphatic carbocycles. The maximum absolute atomic E-state index is 12.1. The zero-order chi connectivity index (χ0) is 14.4. The van der Waals surface area contributed by atoms with Gasteiger partial charge in [-0.2, -0.15) is 0 Å². The van der Waals surface area contributed by atoms with Crippen molar-refractivity contribution in [3.63, 3.8) is 0 Å². The van der Waals surface area contributed by atoms with Gasteiger partial charge in [0.25, 0.3) is 0 Å². The van der Waals surface area contributed by atoms with Crippen molar-refractivity contribution in [3.8, 4) is 0 Å². The second kappa shape index (κ2) is 7.68. The highest BCUT2D eigenvalue weighted by molar-refractivity contribution is 9.09. The van der Waals surface area contributed by atoms with Crippen LogP contribution in [0.2, 0.25) is 0 Å². The van der Waals surface area contributed by atoms with Gasteiger partial charge in [0.2, 0.25) is 5.91 Å². The highest BCUT2D eigenvalue weighted by atomic mass is 79.9. The summed E-state index contributed by atoms with van der Waals surface area (Å²) in [5.74, 6) is 0.697. The molecule has 1 N–H and O–H groups in total. The lowest BCUT2D eigenvalue weighted by Crippen LogP contribution is -2.38. The van der Waals surface area contributed by atoms with E-state index in [1.54, 1.807) is 0 Å². The maximum atomic E-state index is 12.1. The van der Waals surface area contributed by atoms with E-state index in [0.717, 1.165) is 17.3 Å². The van der Waals surface area contributed by atoms with E-state index in [1.165, 1.54) is 11.1 Å². The Morgan fingerprint density at radius 2 is 2.00 bits per heavy atom. The standard InChI is InChI=1S/C16H24BrNO/c1-11(2)7-15(10-17)18-16(19)9-14-8-12(3)5-6-13(14)4/h5-6,8,11,15H,7,9-10H2,1-4H3,(H,18,19). The Kier molecular flexibility index (Phi) is 6.56. The molecule has 1 amide bonds. The van der Waals surface area contributed by atoms with Gasteiger partial charge in [-0.05, 0) is 37.3 Å². The predicted octanol–water partition coefficient (Wildman–Crippen LogP) is 3.77. The van der Waals surface area contributed by atoms with E-state index >= 15 is 0 Å². The van der Waals surface area contributed by atoms with Crippen molar-refractivity contribution >= 4 is 21.8 Å². The molecule has 0 aliphatic heterocycles. The summed E-state index contributed by atoms with van der Waals surface area (Å²) in [6.45, 7) is 8.46. The fourth-order valence-corrected chi connectivity index (χ4v) is 2.60. The van der Waals surface area contributed by atoms with Crippen LogP contribution in [-0.4, -0.2) is 17.3 Å². The van der Waals surface area contributed by atoms with E-state index < -0.39 is 0 Å². The Hall–Kier alpha value is -0.830. The van der Waals surface area contributed by atoms with E-state index in [4.69, 9.17) is 0 Å². The predicted molar refractivity (Wildman–Crippen MR) is 84.8 cm³/mol. The number of hydrogen-bond acceptors (Lipinski definition) is 1. The minimum atomic E-state index is 0.110. The molecule has 0 saturated heterocycles. The number of halogens is 1. The third-order valence-corrected chi connectivity index (χ3v) is 3.94. The summed E-state index contributed by atoms with van der Waals surface area (Å²) in [7, 11) is 0. The zero-order valence-corrected chi connectivity index (χ0v) is 13.9. The van der Waals surface area contributed by atoms with Gasteiger partial charge >= 0.3 is 0 Å². The normalized spacial score (nSPS) is 12.5. The summed E-state index contributed by atoms with van der Waals surface area (Å²) < 4.78 is 0. The molecule has 1 unspecified atom stereocenters. The molecule has 106 valence electrons. The molecular weight excluding hydrogens is 302 g/mol. The molecule has 2 nitrogen and oxygen atoms in total. The van der Waals surface area contributed by atoms with Crippen molar-refractivity contribution < 1.29 is 4.79 Å². The number of carbonyl (C=O) groups is 1. The SMILES string of the molecule is Cc1ccc(C)c(CC(=O)NC(CBr)CC(C)C)c1. The van der Waals surface area contributed by atoms with Gasteiger partial charge in [-0.3, -0.25) is 4.79 Å². The van der Waals surface area contributed by atoms with Crippen LogP contribution in [0.1, 0.15) is 37.0 Å². The summed E-state index contributed by atoms with van der Waals surface area (Å²) in [6.07, 6.45) is 1.47. The molecule has 1 aromatic rings. The molecule has 0 spiro atoms. The third kappa shape index (κ3) is 5.77. The van der Waals surface area contributed by atoms with Crippen LogP contribution < -0.4 is 5.32 Å². The molecule has 1 rings (SSSR count). The van der Waals surface area contributed by atoms with Gasteiger partial charge in [0, 0.05) is 11.4 Å². The van der Waals surface area contributed by atoms with Crippen LogP contribution in [0.5, 0.6) is 0 Å². The molecule has 0 bridgehead atoms. The van der Waals surface area contributed by atoms with E-state index in [2.05, 4.69) is 67.1 Å². The Labute approximate surface area is 125 Å². The number of hydrogen-bond donors (Lipinski definition) is 1. The Morgan fingerprint density at radius 3 is 2.58 bits per heavy atom. The number of carbonyl (C=O) groups excluding carboxylic acids is 1. The first kappa shape index (κ1) is 16.2.